The van der Waals surface area contributed by atoms with Crippen molar-refractivity contribution >= 4 is 21.8 Å². The number of carbonyl (C=O) groups excluding carboxylic acids is 1. The average molecular weight is 278 g/mol. The molecule has 0 rings (SSSR count). The molecule has 1 N–H and O–H groups in total. The maximum atomic E-state index is 11.8. The molecule has 0 aliphatic rings. The summed E-state index contributed by atoms with van der Waals surface area (Å²) in [5.41, 5.74) is 0. The molecule has 0 radical (unpaired) electrons. The number of alkyl halides is 1. The Bertz CT molecular complexity index is 192. The summed E-state index contributed by atoms with van der Waals surface area (Å²) >= 11 is 3.44. The van der Waals surface area contributed by atoms with E-state index in [4.69, 9.17) is 0 Å². The summed E-state index contributed by atoms with van der Waals surface area (Å²) in [5.74, 6) is 1.29. The van der Waals surface area contributed by atoms with Crippen LogP contribution in [0, 0.1) is 17.8 Å². The predicted molar refractivity (Wildman–Crippen MR) is 69.2 cm³/mol. The van der Waals surface area contributed by atoms with Gasteiger partial charge in [0.05, 0.1) is 0 Å². The number of carbonyl (C=O) groups is 1. The van der Waals surface area contributed by atoms with Gasteiger partial charge in [-0.2, -0.15) is 0 Å². The molecule has 2 atom stereocenters. The molecule has 2 unspecified atom stereocenters. The van der Waals surface area contributed by atoms with Crippen molar-refractivity contribution in [2.24, 2.45) is 17.8 Å². The minimum Gasteiger partial charge on any atom is -0.352 e. The van der Waals surface area contributed by atoms with Crippen molar-refractivity contribution in [3.8, 4) is 0 Å². The lowest BCUT2D eigenvalue weighted by molar-refractivity contribution is -0.126. The van der Waals surface area contributed by atoms with Crippen LogP contribution in [0.25, 0.3) is 0 Å². The fraction of sp³-hybridized carbons (Fsp3) is 0.917. The first-order valence-corrected chi connectivity index (χ1v) is 6.87. The van der Waals surface area contributed by atoms with Gasteiger partial charge in [0, 0.05) is 17.3 Å². The molecule has 1 amide bonds. The molecule has 0 saturated heterocycles. The van der Waals surface area contributed by atoms with Crippen LogP contribution < -0.4 is 5.32 Å². The smallest absolute Gasteiger partial charge is 0.223 e. The topological polar surface area (TPSA) is 29.1 Å². The second kappa shape index (κ2) is 7.26. The molecule has 0 saturated carbocycles. The van der Waals surface area contributed by atoms with E-state index < -0.39 is 0 Å². The van der Waals surface area contributed by atoms with Gasteiger partial charge in [0.25, 0.3) is 0 Å². The first kappa shape index (κ1) is 14.9. The zero-order valence-corrected chi connectivity index (χ0v) is 12.1. The lowest BCUT2D eigenvalue weighted by Gasteiger charge is -2.22. The molecule has 0 aliphatic carbocycles. The van der Waals surface area contributed by atoms with Crippen molar-refractivity contribution in [1.82, 2.24) is 5.32 Å². The van der Waals surface area contributed by atoms with Crippen LogP contribution in [0.15, 0.2) is 0 Å². The highest BCUT2D eigenvalue weighted by Gasteiger charge is 2.19. The third-order valence-electron chi connectivity index (χ3n) is 2.70. The van der Waals surface area contributed by atoms with Crippen LogP contribution in [0.4, 0.5) is 0 Å². The molecule has 90 valence electrons. The molecule has 0 aliphatic heterocycles. The van der Waals surface area contributed by atoms with Crippen molar-refractivity contribution in [3.05, 3.63) is 0 Å². The lowest BCUT2D eigenvalue weighted by atomic mass is 9.96. The normalized spacial score (nSPS) is 15.5. The molecule has 0 bridgehead atoms. The Morgan fingerprint density at radius 3 is 2.07 bits per heavy atom. The number of nitrogens with one attached hydrogen (secondary N) is 1. The first-order chi connectivity index (χ1) is 6.88. The number of hydrogen-bond donors (Lipinski definition) is 1. The molecular weight excluding hydrogens is 254 g/mol. The molecule has 3 heteroatoms. The van der Waals surface area contributed by atoms with Gasteiger partial charge in [-0.05, 0) is 18.3 Å². The highest BCUT2D eigenvalue weighted by Crippen LogP contribution is 2.12. The summed E-state index contributed by atoms with van der Waals surface area (Å²) in [6.07, 6.45) is 1.03. The van der Waals surface area contributed by atoms with Gasteiger partial charge in [0.2, 0.25) is 5.91 Å². The van der Waals surface area contributed by atoms with Crippen LogP contribution in [0.1, 0.15) is 41.0 Å². The third kappa shape index (κ3) is 6.18. The molecule has 0 spiro atoms. The van der Waals surface area contributed by atoms with E-state index >= 15 is 0 Å². The number of rotatable bonds is 6. The molecule has 0 aromatic heterocycles. The standard InChI is InChI=1S/C12H24BrNO/c1-8(2)6-11(7-13)14-12(15)10(5)9(3)4/h8-11H,6-7H2,1-5H3,(H,14,15). The molecule has 0 aromatic carbocycles. The van der Waals surface area contributed by atoms with Crippen LogP contribution >= 0.6 is 15.9 Å². The van der Waals surface area contributed by atoms with Crippen LogP contribution in [0.5, 0.6) is 0 Å². The van der Waals surface area contributed by atoms with Gasteiger partial charge in [0.1, 0.15) is 0 Å². The maximum absolute atomic E-state index is 11.8. The Balaban J connectivity index is 4.12. The summed E-state index contributed by atoms with van der Waals surface area (Å²) in [6, 6.07) is 0.263. The number of halogens is 1. The molecule has 0 aromatic rings. The van der Waals surface area contributed by atoms with E-state index in [0.29, 0.717) is 11.8 Å². The second-order valence-electron chi connectivity index (χ2n) is 5.02. The van der Waals surface area contributed by atoms with Crippen LogP contribution in [-0.4, -0.2) is 17.3 Å². The van der Waals surface area contributed by atoms with E-state index in [0.717, 1.165) is 11.8 Å². The SMILES string of the molecule is CC(C)CC(CBr)NC(=O)C(C)C(C)C. The molecule has 0 fully saturated rings. The summed E-state index contributed by atoms with van der Waals surface area (Å²) in [4.78, 5) is 11.8. The average Bonchev–Trinajstić information content (AvgIpc) is 2.14. The van der Waals surface area contributed by atoms with Crippen molar-refractivity contribution < 1.29 is 4.79 Å². The van der Waals surface area contributed by atoms with E-state index in [1.54, 1.807) is 0 Å². The van der Waals surface area contributed by atoms with Gasteiger partial charge in [0.15, 0.2) is 0 Å². The Hall–Kier alpha value is -0.0500. The van der Waals surface area contributed by atoms with E-state index in [9.17, 15) is 4.79 Å². The third-order valence-corrected chi connectivity index (χ3v) is 3.48. The molecule has 15 heavy (non-hydrogen) atoms. The quantitative estimate of drug-likeness (QED) is 0.743. The lowest BCUT2D eigenvalue weighted by Crippen LogP contribution is -2.41. The molecular formula is C12H24BrNO. The Morgan fingerprint density at radius 2 is 1.73 bits per heavy atom. The summed E-state index contributed by atoms with van der Waals surface area (Å²) in [6.45, 7) is 10.5. The second-order valence-corrected chi connectivity index (χ2v) is 5.67. The van der Waals surface area contributed by atoms with Crippen molar-refractivity contribution in [3.63, 3.8) is 0 Å². The van der Waals surface area contributed by atoms with Crippen LogP contribution in [-0.2, 0) is 4.79 Å². The highest BCUT2D eigenvalue weighted by molar-refractivity contribution is 9.09. The Kier molecular flexibility index (Phi) is 7.24. The number of hydrogen-bond acceptors (Lipinski definition) is 1. The van der Waals surface area contributed by atoms with E-state index in [2.05, 4.69) is 48.9 Å². The Morgan fingerprint density at radius 1 is 1.20 bits per heavy atom. The summed E-state index contributed by atoms with van der Waals surface area (Å²) < 4.78 is 0. The van der Waals surface area contributed by atoms with E-state index in [-0.39, 0.29) is 17.9 Å². The van der Waals surface area contributed by atoms with Crippen molar-refractivity contribution in [2.45, 2.75) is 47.1 Å². The van der Waals surface area contributed by atoms with Crippen LogP contribution in [0.2, 0.25) is 0 Å². The molecule has 2 nitrogen and oxygen atoms in total. The minimum atomic E-state index is 0.0960. The first-order valence-electron chi connectivity index (χ1n) is 5.74. The largest absolute Gasteiger partial charge is 0.352 e. The predicted octanol–water partition coefficient (Wildman–Crippen LogP) is 3.20. The summed E-state index contributed by atoms with van der Waals surface area (Å²) in [7, 11) is 0. The van der Waals surface area contributed by atoms with E-state index in [1.807, 2.05) is 6.92 Å². The zero-order chi connectivity index (χ0) is 12.0. The van der Waals surface area contributed by atoms with Crippen LogP contribution in [0.3, 0.4) is 0 Å². The van der Waals surface area contributed by atoms with Gasteiger partial charge in [-0.25, -0.2) is 0 Å². The fourth-order valence-corrected chi connectivity index (χ4v) is 1.79. The minimum absolute atomic E-state index is 0.0960. The van der Waals surface area contributed by atoms with E-state index in [1.165, 1.54) is 0 Å². The van der Waals surface area contributed by atoms with Crippen molar-refractivity contribution in [1.29, 1.82) is 0 Å². The fourth-order valence-electron chi connectivity index (χ4n) is 1.36. The zero-order valence-electron chi connectivity index (χ0n) is 10.5. The van der Waals surface area contributed by atoms with Gasteiger partial charge >= 0.3 is 0 Å². The maximum Gasteiger partial charge on any atom is 0.223 e. The van der Waals surface area contributed by atoms with Gasteiger partial charge in [-0.3, -0.25) is 4.79 Å². The van der Waals surface area contributed by atoms with Crippen molar-refractivity contribution in [2.75, 3.05) is 5.33 Å². The van der Waals surface area contributed by atoms with Gasteiger partial charge in [-0.1, -0.05) is 50.5 Å². The summed E-state index contributed by atoms with van der Waals surface area (Å²) in [5, 5.41) is 3.93. The van der Waals surface area contributed by atoms with Gasteiger partial charge < -0.3 is 5.32 Å². The molecule has 0 heterocycles. The number of amides is 1. The van der Waals surface area contributed by atoms with Gasteiger partial charge in [-0.15, -0.1) is 0 Å². The monoisotopic (exact) mass is 277 g/mol. The highest BCUT2D eigenvalue weighted by atomic mass is 79.9. The Labute approximate surface area is 102 Å².